The lowest BCUT2D eigenvalue weighted by Crippen LogP contribution is -2.26. The first kappa shape index (κ1) is 22.3. The van der Waals surface area contributed by atoms with Crippen molar-refractivity contribution in [1.82, 2.24) is 29.7 Å². The summed E-state index contributed by atoms with van der Waals surface area (Å²) in [5.41, 5.74) is 0.559. The second-order valence-electron chi connectivity index (χ2n) is 7.12. The molecule has 0 unspecified atom stereocenters. The molecule has 0 saturated heterocycles. The summed E-state index contributed by atoms with van der Waals surface area (Å²) in [7, 11) is 0. The highest BCUT2D eigenvalue weighted by atomic mass is 35.5. The summed E-state index contributed by atoms with van der Waals surface area (Å²) in [5.74, 6) is -0.576. The topological polar surface area (TPSA) is 77.1 Å². The van der Waals surface area contributed by atoms with E-state index in [1.54, 1.807) is 22.2 Å². The number of carbonyl (C=O) groups is 1. The summed E-state index contributed by atoms with van der Waals surface area (Å²) in [5, 5.41) is 13.2. The number of fused-ring (bicyclic) bond motifs is 1. The quantitative estimate of drug-likeness (QED) is 0.402. The largest absolute Gasteiger partial charge is 0.433 e. The lowest BCUT2D eigenvalue weighted by molar-refractivity contribution is -0.142. The third-order valence-corrected chi connectivity index (χ3v) is 6.29. The number of carbonyl (C=O) groups excluding carboxylic acids is 1. The van der Waals surface area contributed by atoms with Gasteiger partial charge < -0.3 is 5.32 Å². The number of aryl methyl sites for hydroxylation is 2. The molecule has 4 aromatic rings. The Morgan fingerprint density at radius 1 is 1.25 bits per heavy atom. The predicted molar refractivity (Wildman–Crippen MR) is 115 cm³/mol. The first-order valence-corrected chi connectivity index (χ1v) is 10.9. The third kappa shape index (κ3) is 4.35. The molecule has 4 rings (SSSR count). The van der Waals surface area contributed by atoms with Crippen LogP contribution in [-0.4, -0.2) is 36.8 Å². The molecular formula is C20H18ClF3N6OS. The first-order valence-electron chi connectivity index (χ1n) is 9.64. The summed E-state index contributed by atoms with van der Waals surface area (Å²) in [6.07, 6.45) is -4.10. The Morgan fingerprint density at radius 3 is 2.66 bits per heavy atom. The third-order valence-electron chi connectivity index (χ3n) is 4.85. The summed E-state index contributed by atoms with van der Waals surface area (Å²) in [6, 6.07) is 5.60. The average Bonchev–Trinajstić information content (AvgIpc) is 3.46. The van der Waals surface area contributed by atoms with E-state index in [-0.39, 0.29) is 17.0 Å². The van der Waals surface area contributed by atoms with E-state index in [1.165, 1.54) is 17.4 Å². The minimum atomic E-state index is -4.66. The van der Waals surface area contributed by atoms with Crippen LogP contribution in [0.4, 0.5) is 13.2 Å². The Kier molecular flexibility index (Phi) is 5.95. The molecule has 0 spiro atoms. The van der Waals surface area contributed by atoms with Crippen LogP contribution in [0.25, 0.3) is 16.2 Å². The lowest BCUT2D eigenvalue weighted by Gasteiger charge is -2.10. The van der Waals surface area contributed by atoms with E-state index in [1.807, 2.05) is 13.8 Å². The fourth-order valence-corrected chi connectivity index (χ4v) is 4.07. The SMILES string of the molecule is Cc1nn(CCCNC(=O)c2cc3nc(-c4cccs4)cc(C(F)(F)F)n3n2)c(C)c1Cl. The maximum Gasteiger partial charge on any atom is 0.433 e. The summed E-state index contributed by atoms with van der Waals surface area (Å²) < 4.78 is 43.3. The van der Waals surface area contributed by atoms with Crippen LogP contribution in [0.1, 0.15) is 34.0 Å². The number of amides is 1. The van der Waals surface area contributed by atoms with Gasteiger partial charge in [-0.3, -0.25) is 9.48 Å². The van der Waals surface area contributed by atoms with Gasteiger partial charge in [0.1, 0.15) is 0 Å². The van der Waals surface area contributed by atoms with Crippen LogP contribution >= 0.6 is 22.9 Å². The van der Waals surface area contributed by atoms with Gasteiger partial charge in [0.05, 0.1) is 27.0 Å². The van der Waals surface area contributed by atoms with Crippen LogP contribution in [-0.2, 0) is 12.7 Å². The highest BCUT2D eigenvalue weighted by Gasteiger charge is 2.35. The average molecular weight is 483 g/mol. The van der Waals surface area contributed by atoms with Crippen LogP contribution in [0.15, 0.2) is 29.6 Å². The van der Waals surface area contributed by atoms with Crippen LogP contribution in [0, 0.1) is 13.8 Å². The van der Waals surface area contributed by atoms with Crippen molar-refractivity contribution in [2.75, 3.05) is 6.54 Å². The normalized spacial score (nSPS) is 11.9. The van der Waals surface area contributed by atoms with Crippen molar-refractivity contribution < 1.29 is 18.0 Å². The second kappa shape index (κ2) is 8.55. The van der Waals surface area contributed by atoms with Crippen molar-refractivity contribution in [2.24, 2.45) is 0 Å². The standard InChI is InChI=1S/C20H18ClF3N6OS/c1-11-18(21)12(2)29(27-11)7-4-6-25-19(31)14-10-17-26-13(15-5-3-8-32-15)9-16(20(22,23)24)30(17)28-14/h3,5,8-10H,4,6-7H2,1-2H3,(H,25,31). The number of aromatic nitrogens is 5. The van der Waals surface area contributed by atoms with Crippen molar-refractivity contribution in [3.63, 3.8) is 0 Å². The molecule has 0 saturated carbocycles. The summed E-state index contributed by atoms with van der Waals surface area (Å²) >= 11 is 7.40. The Balaban J connectivity index is 1.51. The molecule has 0 aliphatic heterocycles. The molecule has 12 heteroatoms. The fourth-order valence-electron chi connectivity index (χ4n) is 3.25. The van der Waals surface area contributed by atoms with E-state index in [9.17, 15) is 18.0 Å². The Morgan fingerprint density at radius 2 is 2.03 bits per heavy atom. The van der Waals surface area contributed by atoms with Gasteiger partial charge in [0, 0.05) is 19.2 Å². The molecule has 0 radical (unpaired) electrons. The number of rotatable bonds is 6. The number of nitrogens with one attached hydrogen (secondary N) is 1. The molecule has 4 heterocycles. The van der Waals surface area contributed by atoms with Crippen molar-refractivity contribution in [1.29, 1.82) is 0 Å². The zero-order chi connectivity index (χ0) is 23.0. The number of alkyl halides is 3. The van der Waals surface area contributed by atoms with Gasteiger partial charge in [-0.2, -0.15) is 23.4 Å². The molecule has 1 amide bonds. The highest BCUT2D eigenvalue weighted by molar-refractivity contribution is 7.13. The van der Waals surface area contributed by atoms with Gasteiger partial charge in [-0.05, 0) is 37.8 Å². The number of hydrogen-bond acceptors (Lipinski definition) is 5. The molecule has 168 valence electrons. The minimum Gasteiger partial charge on any atom is -0.351 e. The maximum atomic E-state index is 13.6. The van der Waals surface area contributed by atoms with Crippen LogP contribution in [0.3, 0.4) is 0 Å². The van der Waals surface area contributed by atoms with E-state index in [4.69, 9.17) is 11.6 Å². The van der Waals surface area contributed by atoms with E-state index in [0.717, 1.165) is 17.5 Å². The van der Waals surface area contributed by atoms with Crippen molar-refractivity contribution in [3.05, 3.63) is 57.4 Å². The molecule has 4 aromatic heterocycles. The van der Waals surface area contributed by atoms with Gasteiger partial charge in [0.15, 0.2) is 17.0 Å². The molecule has 7 nitrogen and oxygen atoms in total. The van der Waals surface area contributed by atoms with E-state index in [0.29, 0.717) is 33.9 Å². The monoisotopic (exact) mass is 482 g/mol. The predicted octanol–water partition coefficient (Wildman–Crippen LogP) is 4.76. The fraction of sp³-hybridized carbons (Fsp3) is 0.300. The van der Waals surface area contributed by atoms with Gasteiger partial charge >= 0.3 is 6.18 Å². The molecule has 0 fully saturated rings. The van der Waals surface area contributed by atoms with Gasteiger partial charge in [0.25, 0.3) is 5.91 Å². The second-order valence-corrected chi connectivity index (χ2v) is 8.44. The van der Waals surface area contributed by atoms with Crippen molar-refractivity contribution in [3.8, 4) is 10.6 Å². The number of nitrogens with zero attached hydrogens (tertiary/aromatic N) is 5. The Labute approximate surface area is 189 Å². The first-order chi connectivity index (χ1) is 15.1. The van der Waals surface area contributed by atoms with Gasteiger partial charge in [0.2, 0.25) is 0 Å². The van der Waals surface area contributed by atoms with Crippen LogP contribution < -0.4 is 5.32 Å². The summed E-state index contributed by atoms with van der Waals surface area (Å²) in [6.45, 7) is 4.49. The lowest BCUT2D eigenvalue weighted by atomic mass is 10.2. The van der Waals surface area contributed by atoms with Crippen molar-refractivity contribution >= 4 is 34.5 Å². The zero-order valence-corrected chi connectivity index (χ0v) is 18.6. The van der Waals surface area contributed by atoms with Crippen molar-refractivity contribution in [2.45, 2.75) is 33.0 Å². The van der Waals surface area contributed by atoms with E-state index in [2.05, 4.69) is 20.5 Å². The summed E-state index contributed by atoms with van der Waals surface area (Å²) in [4.78, 5) is 17.3. The smallest absolute Gasteiger partial charge is 0.351 e. The molecule has 32 heavy (non-hydrogen) atoms. The highest BCUT2D eigenvalue weighted by Crippen LogP contribution is 2.33. The van der Waals surface area contributed by atoms with E-state index < -0.39 is 17.8 Å². The van der Waals surface area contributed by atoms with Crippen LogP contribution in [0.2, 0.25) is 5.02 Å². The van der Waals surface area contributed by atoms with E-state index >= 15 is 0 Å². The molecule has 0 aliphatic carbocycles. The van der Waals surface area contributed by atoms with Gasteiger partial charge in [-0.1, -0.05) is 17.7 Å². The maximum absolute atomic E-state index is 13.6. The zero-order valence-electron chi connectivity index (χ0n) is 17.1. The Hall–Kier alpha value is -2.92. The number of halogens is 4. The molecule has 0 aliphatic rings. The Bertz CT molecular complexity index is 1280. The molecule has 1 N–H and O–H groups in total. The number of thiophene rings is 1. The van der Waals surface area contributed by atoms with Gasteiger partial charge in [-0.25, -0.2) is 9.50 Å². The molecule has 0 bridgehead atoms. The minimum absolute atomic E-state index is 0.0503. The molecule has 0 atom stereocenters. The number of hydrogen-bond donors (Lipinski definition) is 1. The molecule has 0 aromatic carbocycles. The molecular weight excluding hydrogens is 465 g/mol. The van der Waals surface area contributed by atoms with Gasteiger partial charge in [-0.15, -0.1) is 11.3 Å². The van der Waals surface area contributed by atoms with Crippen LogP contribution in [0.5, 0.6) is 0 Å².